The van der Waals surface area contributed by atoms with Gasteiger partial charge in [-0.25, -0.2) is 9.97 Å². The highest BCUT2D eigenvalue weighted by Crippen LogP contribution is 2.22. The molecule has 0 aliphatic rings. The van der Waals surface area contributed by atoms with E-state index < -0.39 is 9.85 Å². The molecule has 0 saturated carbocycles. The third-order valence-corrected chi connectivity index (χ3v) is 3.37. The van der Waals surface area contributed by atoms with Crippen molar-refractivity contribution in [3.8, 4) is 0 Å². The second-order valence-corrected chi connectivity index (χ2v) is 6.09. The number of aromatic nitrogens is 4. The Bertz CT molecular complexity index is 814. The molecule has 2 heterocycles. The van der Waals surface area contributed by atoms with Crippen LogP contribution in [-0.4, -0.2) is 54.6 Å². The summed E-state index contributed by atoms with van der Waals surface area (Å²) in [7, 11) is 0. The van der Waals surface area contributed by atoms with Crippen LogP contribution in [-0.2, 0) is 0 Å². The molecule has 3 N–H and O–H groups in total. The van der Waals surface area contributed by atoms with Crippen molar-refractivity contribution >= 4 is 75.2 Å². The molecule has 0 aromatic carbocycles. The van der Waals surface area contributed by atoms with E-state index in [0.29, 0.717) is 24.8 Å². The highest BCUT2D eigenvalue weighted by atomic mass is 35.5. The summed E-state index contributed by atoms with van der Waals surface area (Å²) in [5, 5.41) is 22.9. The molecule has 2 aromatic heterocycles. The van der Waals surface area contributed by atoms with Crippen molar-refractivity contribution in [2.75, 3.05) is 30.2 Å². The zero-order valence-electron chi connectivity index (χ0n) is 14.3. The van der Waals surface area contributed by atoms with Gasteiger partial charge in [-0.05, 0) is 23.2 Å². The van der Waals surface area contributed by atoms with Gasteiger partial charge in [-0.2, -0.15) is 9.97 Å². The van der Waals surface area contributed by atoms with Crippen molar-refractivity contribution in [1.29, 1.82) is 0 Å². The molecule has 0 aliphatic carbocycles. The number of nitro groups is 2. The fourth-order valence-electron chi connectivity index (χ4n) is 1.24. The Hall–Kier alpha value is -1.83. The molecule has 0 amide bonds. The number of nitrogens with two attached hydrogens (primary N) is 1. The van der Waals surface area contributed by atoms with Gasteiger partial charge in [-0.1, -0.05) is 11.6 Å². The van der Waals surface area contributed by atoms with Gasteiger partial charge in [0.15, 0.2) is 0 Å². The number of nitrogens with zero attached hydrogens (tertiary/aromatic N) is 6. The number of nitrogens with one attached hydrogen (secondary N) is 1. The van der Waals surface area contributed by atoms with Crippen LogP contribution in [0.3, 0.4) is 0 Å². The minimum atomic E-state index is -0.682. The number of halogens is 5. The third-order valence-electron chi connectivity index (χ3n) is 2.32. The van der Waals surface area contributed by atoms with Gasteiger partial charge in [0, 0.05) is 24.8 Å². The van der Waals surface area contributed by atoms with E-state index in [2.05, 4.69) is 25.3 Å². The lowest BCUT2D eigenvalue weighted by Crippen LogP contribution is -2.07. The van der Waals surface area contributed by atoms with Gasteiger partial charge >= 0.3 is 11.4 Å². The van der Waals surface area contributed by atoms with Gasteiger partial charge in [0.1, 0.15) is 12.4 Å². The lowest BCUT2D eigenvalue weighted by molar-refractivity contribution is -0.385. The molecule has 0 unspecified atom stereocenters. The fourth-order valence-corrected chi connectivity index (χ4v) is 1.84. The molecule has 0 saturated heterocycles. The van der Waals surface area contributed by atoms with Gasteiger partial charge in [0.25, 0.3) is 0 Å². The predicted octanol–water partition coefficient (Wildman–Crippen LogP) is 3.56. The van der Waals surface area contributed by atoms with Crippen molar-refractivity contribution in [3.05, 3.63) is 48.3 Å². The van der Waals surface area contributed by atoms with Crippen molar-refractivity contribution in [3.63, 3.8) is 0 Å². The average molecular weight is 511 g/mol. The molecule has 17 heteroatoms. The molecule has 0 atom stereocenters. The van der Waals surface area contributed by atoms with Crippen molar-refractivity contribution in [2.45, 2.75) is 0 Å². The fraction of sp³-hybridized carbons (Fsp3) is 0.333. The van der Waals surface area contributed by atoms with Gasteiger partial charge in [-0.3, -0.25) is 20.2 Å². The lowest BCUT2D eigenvalue weighted by atomic mass is 10.5. The van der Waals surface area contributed by atoms with Gasteiger partial charge in [-0.15, -0.1) is 23.2 Å². The first-order valence-electron chi connectivity index (χ1n) is 7.23. The molecule has 0 bridgehead atoms. The summed E-state index contributed by atoms with van der Waals surface area (Å²) >= 11 is 26.6. The molecule has 2 rings (SSSR count). The maximum Gasteiger partial charge on any atom is 0.329 e. The zero-order chi connectivity index (χ0) is 22.4. The molecule has 0 fully saturated rings. The van der Waals surface area contributed by atoms with Crippen LogP contribution in [0.25, 0.3) is 0 Å². The zero-order valence-corrected chi connectivity index (χ0v) is 18.0. The summed E-state index contributed by atoms with van der Waals surface area (Å²) in [5.41, 5.74) is 4.32. The summed E-state index contributed by atoms with van der Waals surface area (Å²) < 4.78 is 0. The average Bonchev–Trinajstić information content (AvgIpc) is 2.66. The van der Waals surface area contributed by atoms with E-state index in [9.17, 15) is 20.2 Å². The maximum absolute atomic E-state index is 10.5. The summed E-state index contributed by atoms with van der Waals surface area (Å²) in [4.78, 5) is 33.3. The number of alkyl halides is 2. The molecule has 12 nitrogen and oxygen atoms in total. The van der Waals surface area contributed by atoms with Crippen LogP contribution in [0.15, 0.2) is 12.4 Å². The van der Waals surface area contributed by atoms with Gasteiger partial charge in [0.2, 0.25) is 21.5 Å². The molecule has 29 heavy (non-hydrogen) atoms. The van der Waals surface area contributed by atoms with Gasteiger partial charge in [0.05, 0.1) is 9.85 Å². The summed E-state index contributed by atoms with van der Waals surface area (Å²) in [5.74, 6) is 0.967. The summed E-state index contributed by atoms with van der Waals surface area (Å²) in [6.07, 6.45) is 2.00. The predicted molar refractivity (Wildman–Crippen MR) is 111 cm³/mol. The maximum atomic E-state index is 10.5. The van der Waals surface area contributed by atoms with Crippen LogP contribution in [0, 0.1) is 20.2 Å². The Balaban J connectivity index is 0.000000466. The van der Waals surface area contributed by atoms with E-state index >= 15 is 0 Å². The number of hydrogen-bond acceptors (Lipinski definition) is 10. The van der Waals surface area contributed by atoms with E-state index in [1.165, 1.54) is 0 Å². The van der Waals surface area contributed by atoms with Gasteiger partial charge < -0.3 is 11.1 Å². The van der Waals surface area contributed by atoms with Crippen LogP contribution < -0.4 is 11.1 Å². The first kappa shape index (κ1) is 27.2. The molecular weight excluding hydrogens is 497 g/mol. The quantitative estimate of drug-likeness (QED) is 0.192. The van der Waals surface area contributed by atoms with E-state index in [-0.39, 0.29) is 32.9 Å². The van der Waals surface area contributed by atoms with E-state index in [4.69, 9.17) is 63.7 Å². The largest absolute Gasteiger partial charge is 0.363 e. The van der Waals surface area contributed by atoms with E-state index in [0.717, 1.165) is 12.4 Å². The SMILES string of the molecule is NCCCl.O=[N+]([O-])c1cnc(Cl)nc1Cl.O=[N+]([O-])c1cnc(Cl)nc1NCCCl. The molecule has 0 spiro atoms. The number of rotatable bonds is 6. The van der Waals surface area contributed by atoms with Crippen molar-refractivity contribution < 1.29 is 9.85 Å². The second-order valence-electron chi connectivity index (χ2n) is 4.30. The first-order chi connectivity index (χ1) is 13.7. The Morgan fingerprint density at radius 1 is 0.931 bits per heavy atom. The summed E-state index contributed by atoms with van der Waals surface area (Å²) in [6.45, 7) is 0.956. The molecular formula is C12H13Cl5N8O4. The lowest BCUT2D eigenvalue weighted by Gasteiger charge is -2.02. The normalized spacial score (nSPS) is 9.45. The monoisotopic (exact) mass is 508 g/mol. The first-order valence-corrected chi connectivity index (χ1v) is 9.43. The van der Waals surface area contributed by atoms with Crippen LogP contribution in [0.1, 0.15) is 0 Å². The smallest absolute Gasteiger partial charge is 0.329 e. The Morgan fingerprint density at radius 2 is 1.41 bits per heavy atom. The van der Waals surface area contributed by atoms with Crippen LogP contribution in [0.2, 0.25) is 15.7 Å². The molecule has 0 aliphatic heterocycles. The van der Waals surface area contributed by atoms with Crippen molar-refractivity contribution in [2.24, 2.45) is 5.73 Å². The standard InChI is InChI=1S/C6H6Cl2N4O2.C4HCl2N3O2.C2H6ClN/c7-1-2-9-5-4(12(13)14)3-10-6(8)11-5;5-3-2(9(10)11)1-7-4(6)8-3;3-1-2-4/h3H,1-2H2,(H,9,10,11);1H;1-2,4H2. The number of hydrogen-bond donors (Lipinski definition) is 2. The highest BCUT2D eigenvalue weighted by molar-refractivity contribution is 6.33. The van der Waals surface area contributed by atoms with Crippen LogP contribution in [0.5, 0.6) is 0 Å². The Labute approximate surface area is 189 Å². The molecule has 2 aromatic rings. The Morgan fingerprint density at radius 3 is 1.83 bits per heavy atom. The molecule has 160 valence electrons. The van der Waals surface area contributed by atoms with Crippen LogP contribution in [0.4, 0.5) is 17.2 Å². The minimum absolute atomic E-state index is 0.0485. The second kappa shape index (κ2) is 15.1. The van der Waals surface area contributed by atoms with Crippen LogP contribution >= 0.6 is 58.0 Å². The minimum Gasteiger partial charge on any atom is -0.363 e. The Kier molecular flexibility index (Phi) is 14.1. The summed E-state index contributed by atoms with van der Waals surface area (Å²) in [6, 6.07) is 0. The van der Waals surface area contributed by atoms with E-state index in [1.807, 2.05) is 0 Å². The molecule has 0 radical (unpaired) electrons. The van der Waals surface area contributed by atoms with Crippen molar-refractivity contribution in [1.82, 2.24) is 19.9 Å². The number of anilines is 1. The van der Waals surface area contributed by atoms with E-state index in [1.54, 1.807) is 0 Å². The third kappa shape index (κ3) is 11.1. The topological polar surface area (TPSA) is 176 Å². The highest BCUT2D eigenvalue weighted by Gasteiger charge is 2.16.